The van der Waals surface area contributed by atoms with Gasteiger partial charge in [-0.3, -0.25) is 9.59 Å². The highest BCUT2D eigenvalue weighted by Crippen LogP contribution is 2.27. The van der Waals surface area contributed by atoms with Crippen molar-refractivity contribution in [3.05, 3.63) is 119 Å². The molecular formula is C28H23ClN2O2. The van der Waals surface area contributed by atoms with E-state index in [1.165, 1.54) is 4.90 Å². The highest BCUT2D eigenvalue weighted by Gasteiger charge is 2.17. The molecule has 4 nitrogen and oxygen atoms in total. The largest absolute Gasteiger partial charge is 0.322 e. The zero-order valence-corrected chi connectivity index (χ0v) is 19.1. The first kappa shape index (κ1) is 22.3. The number of hydrogen-bond donors (Lipinski definition) is 1. The molecule has 4 aromatic rings. The molecule has 33 heavy (non-hydrogen) atoms. The molecule has 0 aliphatic heterocycles. The number of aryl methyl sites for hydroxylation is 1. The van der Waals surface area contributed by atoms with Gasteiger partial charge in [0.15, 0.2) is 0 Å². The molecule has 0 heterocycles. The predicted molar refractivity (Wildman–Crippen MR) is 135 cm³/mol. The summed E-state index contributed by atoms with van der Waals surface area (Å²) < 4.78 is 0. The Kier molecular flexibility index (Phi) is 6.57. The molecule has 0 unspecified atom stereocenters. The van der Waals surface area contributed by atoms with Crippen LogP contribution in [0.15, 0.2) is 97.1 Å². The van der Waals surface area contributed by atoms with Gasteiger partial charge in [0.05, 0.1) is 10.7 Å². The zero-order chi connectivity index (χ0) is 23.4. The number of benzene rings is 4. The maximum absolute atomic E-state index is 13.0. The number of halogens is 1. The molecule has 0 aliphatic carbocycles. The van der Waals surface area contributed by atoms with Crippen molar-refractivity contribution in [3.8, 4) is 11.1 Å². The number of para-hydroxylation sites is 1. The van der Waals surface area contributed by atoms with E-state index in [1.807, 2.05) is 61.5 Å². The predicted octanol–water partition coefficient (Wildman–Crippen LogP) is 6.84. The number of nitrogens with zero attached hydrogens (tertiary/aromatic N) is 1. The smallest absolute Gasteiger partial charge is 0.258 e. The summed E-state index contributed by atoms with van der Waals surface area (Å²) in [6, 6.07) is 29.6. The molecule has 4 rings (SSSR count). The van der Waals surface area contributed by atoms with Crippen molar-refractivity contribution in [1.82, 2.24) is 0 Å². The summed E-state index contributed by atoms with van der Waals surface area (Å²) in [4.78, 5) is 27.4. The molecule has 4 aromatic carbocycles. The lowest BCUT2D eigenvalue weighted by Crippen LogP contribution is -2.26. The van der Waals surface area contributed by atoms with Gasteiger partial charge in [-0.15, -0.1) is 0 Å². The van der Waals surface area contributed by atoms with Gasteiger partial charge in [-0.05, 0) is 60.5 Å². The highest BCUT2D eigenvalue weighted by atomic mass is 35.5. The summed E-state index contributed by atoms with van der Waals surface area (Å²) in [6.07, 6.45) is 0. The summed E-state index contributed by atoms with van der Waals surface area (Å²) in [5.41, 5.74) is 5.33. The van der Waals surface area contributed by atoms with Gasteiger partial charge in [0.1, 0.15) is 0 Å². The summed E-state index contributed by atoms with van der Waals surface area (Å²) >= 11 is 6.21. The van der Waals surface area contributed by atoms with E-state index < -0.39 is 0 Å². The lowest BCUT2D eigenvalue weighted by atomic mass is 9.98. The van der Waals surface area contributed by atoms with Gasteiger partial charge in [0.2, 0.25) is 0 Å². The normalized spacial score (nSPS) is 10.5. The number of hydrogen-bond acceptors (Lipinski definition) is 2. The molecule has 1 N–H and O–H groups in total. The Morgan fingerprint density at radius 3 is 2.12 bits per heavy atom. The lowest BCUT2D eigenvalue weighted by molar-refractivity contribution is 0.0991. The molecule has 0 spiro atoms. The first-order chi connectivity index (χ1) is 15.9. The fourth-order valence-electron chi connectivity index (χ4n) is 3.59. The summed E-state index contributed by atoms with van der Waals surface area (Å²) in [6.45, 7) is 2.03. The maximum Gasteiger partial charge on any atom is 0.258 e. The highest BCUT2D eigenvalue weighted by molar-refractivity contribution is 6.34. The fourth-order valence-corrected chi connectivity index (χ4v) is 3.85. The van der Waals surface area contributed by atoms with Crippen molar-refractivity contribution >= 4 is 34.8 Å². The van der Waals surface area contributed by atoms with Crippen molar-refractivity contribution in [2.75, 3.05) is 17.3 Å². The van der Waals surface area contributed by atoms with Crippen LogP contribution in [-0.4, -0.2) is 18.9 Å². The second kappa shape index (κ2) is 9.72. The van der Waals surface area contributed by atoms with Crippen LogP contribution in [0.4, 0.5) is 11.4 Å². The number of amides is 2. The molecule has 0 saturated carbocycles. The van der Waals surface area contributed by atoms with E-state index in [0.717, 1.165) is 16.7 Å². The van der Waals surface area contributed by atoms with Crippen molar-refractivity contribution < 1.29 is 9.59 Å². The molecule has 0 aliphatic rings. The van der Waals surface area contributed by atoms with Gasteiger partial charge in [0, 0.05) is 23.9 Å². The van der Waals surface area contributed by atoms with Crippen molar-refractivity contribution in [2.24, 2.45) is 0 Å². The van der Waals surface area contributed by atoms with E-state index >= 15 is 0 Å². The Balaban J connectivity index is 1.51. The van der Waals surface area contributed by atoms with Crippen LogP contribution in [0.1, 0.15) is 26.3 Å². The van der Waals surface area contributed by atoms with Crippen molar-refractivity contribution in [2.45, 2.75) is 6.92 Å². The molecule has 0 atom stereocenters. The van der Waals surface area contributed by atoms with Gasteiger partial charge in [-0.25, -0.2) is 0 Å². The monoisotopic (exact) mass is 454 g/mol. The molecule has 0 saturated heterocycles. The fraction of sp³-hybridized carbons (Fsp3) is 0.0714. The van der Waals surface area contributed by atoms with Crippen molar-refractivity contribution in [3.63, 3.8) is 0 Å². The number of carbonyl (C=O) groups is 2. The number of rotatable bonds is 5. The van der Waals surface area contributed by atoms with Crippen LogP contribution in [0.5, 0.6) is 0 Å². The van der Waals surface area contributed by atoms with Crippen LogP contribution >= 0.6 is 11.6 Å². The topological polar surface area (TPSA) is 49.4 Å². The van der Waals surface area contributed by atoms with Crippen LogP contribution in [-0.2, 0) is 0 Å². The lowest BCUT2D eigenvalue weighted by Gasteiger charge is -2.19. The van der Waals surface area contributed by atoms with E-state index in [1.54, 1.807) is 49.5 Å². The Morgan fingerprint density at radius 1 is 0.788 bits per heavy atom. The van der Waals surface area contributed by atoms with Gasteiger partial charge in [0.25, 0.3) is 11.8 Å². The molecule has 2 amide bonds. The van der Waals surface area contributed by atoms with E-state index in [-0.39, 0.29) is 11.8 Å². The maximum atomic E-state index is 13.0. The van der Waals surface area contributed by atoms with Gasteiger partial charge >= 0.3 is 0 Å². The van der Waals surface area contributed by atoms with Crippen molar-refractivity contribution in [1.29, 1.82) is 0 Å². The minimum Gasteiger partial charge on any atom is -0.322 e. The second-order valence-corrected chi connectivity index (χ2v) is 8.17. The first-order valence-corrected chi connectivity index (χ1v) is 10.9. The Hall–Kier alpha value is -3.89. The van der Waals surface area contributed by atoms with Crippen LogP contribution in [0.3, 0.4) is 0 Å². The van der Waals surface area contributed by atoms with E-state index in [4.69, 9.17) is 11.6 Å². The average Bonchev–Trinajstić information content (AvgIpc) is 2.84. The number of anilines is 2. The van der Waals surface area contributed by atoms with Crippen LogP contribution < -0.4 is 10.2 Å². The second-order valence-electron chi connectivity index (χ2n) is 7.76. The SMILES string of the molecule is Cc1ccc(-c2ccccc2C(=O)Nc2ccc(C(=O)N(C)c3ccccc3Cl)cc2)cc1. The minimum atomic E-state index is -0.210. The average molecular weight is 455 g/mol. The quantitative estimate of drug-likeness (QED) is 0.358. The third-order valence-corrected chi connectivity index (χ3v) is 5.76. The molecule has 5 heteroatoms. The third kappa shape index (κ3) is 4.97. The molecule has 0 radical (unpaired) electrons. The van der Waals surface area contributed by atoms with E-state index in [2.05, 4.69) is 5.32 Å². The third-order valence-electron chi connectivity index (χ3n) is 5.44. The Bertz CT molecular complexity index is 1300. The van der Waals surface area contributed by atoms with Crippen LogP contribution in [0, 0.1) is 6.92 Å². The molecular weight excluding hydrogens is 432 g/mol. The van der Waals surface area contributed by atoms with Crippen LogP contribution in [0.2, 0.25) is 5.02 Å². The molecule has 0 bridgehead atoms. The standard InChI is InChI=1S/C28H23ClN2O2/c1-19-11-13-20(14-12-19)23-7-3-4-8-24(23)27(32)30-22-17-15-21(16-18-22)28(33)31(2)26-10-6-5-9-25(26)29/h3-18H,1-2H3,(H,30,32). The van der Waals surface area contributed by atoms with Crippen LogP contribution in [0.25, 0.3) is 11.1 Å². The summed E-state index contributed by atoms with van der Waals surface area (Å²) in [5, 5.41) is 3.44. The molecule has 0 aromatic heterocycles. The first-order valence-electron chi connectivity index (χ1n) is 10.5. The molecule has 0 fully saturated rings. The van der Waals surface area contributed by atoms with Gasteiger partial charge in [-0.1, -0.05) is 71.8 Å². The molecule has 164 valence electrons. The van der Waals surface area contributed by atoms with Gasteiger partial charge in [-0.2, -0.15) is 0 Å². The zero-order valence-electron chi connectivity index (χ0n) is 18.4. The summed E-state index contributed by atoms with van der Waals surface area (Å²) in [7, 11) is 1.68. The minimum absolute atomic E-state index is 0.189. The summed E-state index contributed by atoms with van der Waals surface area (Å²) in [5.74, 6) is -0.399. The number of carbonyl (C=O) groups excluding carboxylic acids is 2. The van der Waals surface area contributed by atoms with E-state index in [9.17, 15) is 9.59 Å². The number of nitrogens with one attached hydrogen (secondary N) is 1. The Labute approximate surface area is 198 Å². The van der Waals surface area contributed by atoms with Gasteiger partial charge < -0.3 is 10.2 Å². The van der Waals surface area contributed by atoms with E-state index in [0.29, 0.717) is 27.5 Å². The Morgan fingerprint density at radius 2 is 1.42 bits per heavy atom.